The van der Waals surface area contributed by atoms with Gasteiger partial charge in [0.1, 0.15) is 0 Å². The predicted octanol–water partition coefficient (Wildman–Crippen LogP) is 0.907. The fraction of sp³-hybridized carbons (Fsp3) is 0.600. The van der Waals surface area contributed by atoms with E-state index < -0.39 is 0 Å². The molecule has 0 unspecified atom stereocenters. The lowest BCUT2D eigenvalue weighted by atomic mass is 10.6. The van der Waals surface area contributed by atoms with Gasteiger partial charge in [-0.25, -0.2) is 5.01 Å². The quantitative estimate of drug-likeness (QED) is 0.571. The Hall–Kier alpha value is -0.210. The zero-order valence-electron chi connectivity index (χ0n) is 4.82. The van der Waals surface area contributed by atoms with Gasteiger partial charge in [0.25, 0.3) is 0 Å². The SMILES string of the molecule is CCN1CC(Cl)=CN1. The first-order valence-corrected chi connectivity index (χ1v) is 3.06. The lowest BCUT2D eigenvalue weighted by Gasteiger charge is -2.10. The lowest BCUT2D eigenvalue weighted by Crippen LogP contribution is -2.29. The van der Waals surface area contributed by atoms with Crippen LogP contribution in [0, 0.1) is 0 Å². The van der Waals surface area contributed by atoms with Crippen LogP contribution in [0.5, 0.6) is 0 Å². The van der Waals surface area contributed by atoms with Crippen molar-refractivity contribution in [3.63, 3.8) is 0 Å². The van der Waals surface area contributed by atoms with Crippen LogP contribution in [-0.2, 0) is 0 Å². The molecule has 0 aromatic rings. The molecule has 46 valence electrons. The van der Waals surface area contributed by atoms with Crippen LogP contribution in [0.15, 0.2) is 11.2 Å². The molecule has 1 N–H and O–H groups in total. The van der Waals surface area contributed by atoms with E-state index in [-0.39, 0.29) is 0 Å². The van der Waals surface area contributed by atoms with Gasteiger partial charge in [-0.1, -0.05) is 18.5 Å². The maximum Gasteiger partial charge on any atom is 0.0551 e. The van der Waals surface area contributed by atoms with Gasteiger partial charge in [-0.05, 0) is 0 Å². The maximum absolute atomic E-state index is 5.64. The molecule has 0 saturated heterocycles. The summed E-state index contributed by atoms with van der Waals surface area (Å²) in [5.41, 5.74) is 3.00. The largest absolute Gasteiger partial charge is 0.325 e. The molecule has 0 saturated carbocycles. The molecule has 0 aromatic heterocycles. The number of rotatable bonds is 1. The Morgan fingerprint density at radius 3 is 3.00 bits per heavy atom. The van der Waals surface area contributed by atoms with E-state index in [4.69, 9.17) is 11.6 Å². The highest BCUT2D eigenvalue weighted by Gasteiger charge is 2.07. The Morgan fingerprint density at radius 2 is 2.75 bits per heavy atom. The van der Waals surface area contributed by atoms with E-state index in [0.717, 1.165) is 18.1 Å². The van der Waals surface area contributed by atoms with E-state index in [0.29, 0.717) is 0 Å². The van der Waals surface area contributed by atoms with Gasteiger partial charge in [-0.2, -0.15) is 0 Å². The fourth-order valence-corrected chi connectivity index (χ4v) is 0.831. The van der Waals surface area contributed by atoms with Crippen molar-refractivity contribution in [2.45, 2.75) is 6.92 Å². The van der Waals surface area contributed by atoms with E-state index in [1.807, 2.05) is 11.2 Å². The molecule has 0 atom stereocenters. The highest BCUT2D eigenvalue weighted by atomic mass is 35.5. The lowest BCUT2D eigenvalue weighted by molar-refractivity contribution is 0.281. The van der Waals surface area contributed by atoms with Crippen molar-refractivity contribution in [2.24, 2.45) is 0 Å². The molecule has 3 heteroatoms. The molecule has 8 heavy (non-hydrogen) atoms. The van der Waals surface area contributed by atoms with Crippen molar-refractivity contribution in [3.05, 3.63) is 11.2 Å². The Labute approximate surface area is 54.1 Å². The average Bonchev–Trinajstić information content (AvgIpc) is 2.14. The fourth-order valence-electron chi connectivity index (χ4n) is 0.638. The summed E-state index contributed by atoms with van der Waals surface area (Å²) in [6.07, 6.45) is 1.81. The van der Waals surface area contributed by atoms with Gasteiger partial charge in [0.15, 0.2) is 0 Å². The van der Waals surface area contributed by atoms with Crippen molar-refractivity contribution in [2.75, 3.05) is 13.1 Å². The minimum atomic E-state index is 0.845. The van der Waals surface area contributed by atoms with Crippen LogP contribution in [0.2, 0.25) is 0 Å². The second kappa shape index (κ2) is 2.37. The smallest absolute Gasteiger partial charge is 0.0551 e. The third-order valence-corrected chi connectivity index (χ3v) is 1.36. The second-order valence-corrected chi connectivity index (χ2v) is 2.22. The van der Waals surface area contributed by atoms with Crippen molar-refractivity contribution in [3.8, 4) is 0 Å². The van der Waals surface area contributed by atoms with Crippen molar-refractivity contribution in [1.82, 2.24) is 10.4 Å². The molecule has 0 bridgehead atoms. The number of halogens is 1. The van der Waals surface area contributed by atoms with Gasteiger partial charge in [0.05, 0.1) is 11.6 Å². The Kier molecular flexibility index (Phi) is 1.76. The summed E-state index contributed by atoms with van der Waals surface area (Å²) in [6.45, 7) is 3.92. The minimum absolute atomic E-state index is 0.845. The summed E-state index contributed by atoms with van der Waals surface area (Å²) < 4.78 is 0. The molecule has 1 heterocycles. The molecule has 0 radical (unpaired) electrons. The third-order valence-electron chi connectivity index (χ3n) is 1.13. The Morgan fingerprint density at radius 1 is 2.00 bits per heavy atom. The van der Waals surface area contributed by atoms with Crippen LogP contribution >= 0.6 is 11.6 Å². The Bertz CT molecular complexity index is 111. The molecule has 0 spiro atoms. The molecular weight excluding hydrogens is 124 g/mol. The molecule has 0 amide bonds. The summed E-state index contributed by atoms with van der Waals surface area (Å²) in [7, 11) is 0. The van der Waals surface area contributed by atoms with Gasteiger partial charge < -0.3 is 5.43 Å². The summed E-state index contributed by atoms with van der Waals surface area (Å²) in [4.78, 5) is 0. The Balaban J connectivity index is 2.32. The van der Waals surface area contributed by atoms with Crippen molar-refractivity contribution >= 4 is 11.6 Å². The van der Waals surface area contributed by atoms with Crippen LogP contribution in [0.3, 0.4) is 0 Å². The highest BCUT2D eigenvalue weighted by molar-refractivity contribution is 6.29. The van der Waals surface area contributed by atoms with Gasteiger partial charge >= 0.3 is 0 Å². The second-order valence-electron chi connectivity index (χ2n) is 1.73. The first-order valence-electron chi connectivity index (χ1n) is 2.68. The van der Waals surface area contributed by atoms with E-state index in [1.165, 1.54) is 0 Å². The highest BCUT2D eigenvalue weighted by Crippen LogP contribution is 2.06. The van der Waals surface area contributed by atoms with E-state index in [9.17, 15) is 0 Å². The summed E-state index contributed by atoms with van der Waals surface area (Å²) in [6, 6.07) is 0. The van der Waals surface area contributed by atoms with Crippen LogP contribution in [0.1, 0.15) is 6.92 Å². The molecule has 1 aliphatic heterocycles. The molecule has 2 nitrogen and oxygen atoms in total. The normalized spacial score (nSPS) is 20.5. The summed E-state index contributed by atoms with van der Waals surface area (Å²) >= 11 is 5.64. The molecule has 0 aliphatic carbocycles. The van der Waals surface area contributed by atoms with Crippen LogP contribution < -0.4 is 5.43 Å². The first kappa shape index (κ1) is 5.92. The number of hydrazine groups is 1. The summed E-state index contributed by atoms with van der Waals surface area (Å²) in [5.74, 6) is 0. The topological polar surface area (TPSA) is 15.3 Å². The van der Waals surface area contributed by atoms with Crippen molar-refractivity contribution < 1.29 is 0 Å². The van der Waals surface area contributed by atoms with E-state index >= 15 is 0 Å². The predicted molar refractivity (Wildman–Crippen MR) is 34.3 cm³/mol. The standard InChI is InChI=1S/C5H9ClN2/c1-2-8-4-5(6)3-7-8/h3,7H,2,4H2,1H3. The number of nitrogens with one attached hydrogen (secondary N) is 1. The first-order chi connectivity index (χ1) is 3.83. The molecule has 0 aromatic carbocycles. The molecular formula is C5H9ClN2. The third kappa shape index (κ3) is 1.14. The monoisotopic (exact) mass is 132 g/mol. The van der Waals surface area contributed by atoms with E-state index in [1.54, 1.807) is 0 Å². The zero-order chi connectivity index (χ0) is 5.98. The number of likely N-dealkylation sites (N-methyl/N-ethyl adjacent to an activating group) is 1. The number of hydrogen-bond acceptors (Lipinski definition) is 2. The maximum atomic E-state index is 5.64. The minimum Gasteiger partial charge on any atom is -0.325 e. The average molecular weight is 133 g/mol. The number of nitrogens with zero attached hydrogens (tertiary/aromatic N) is 1. The van der Waals surface area contributed by atoms with Gasteiger partial charge in [0.2, 0.25) is 0 Å². The molecule has 1 rings (SSSR count). The van der Waals surface area contributed by atoms with Gasteiger partial charge in [0, 0.05) is 12.7 Å². The van der Waals surface area contributed by atoms with Gasteiger partial charge in [-0.3, -0.25) is 0 Å². The van der Waals surface area contributed by atoms with Crippen LogP contribution in [-0.4, -0.2) is 18.1 Å². The summed E-state index contributed by atoms with van der Waals surface area (Å²) in [5, 5.41) is 2.91. The number of hydrogen-bond donors (Lipinski definition) is 1. The van der Waals surface area contributed by atoms with Crippen LogP contribution in [0.4, 0.5) is 0 Å². The molecule has 1 aliphatic rings. The van der Waals surface area contributed by atoms with Crippen molar-refractivity contribution in [1.29, 1.82) is 0 Å². The van der Waals surface area contributed by atoms with Gasteiger partial charge in [-0.15, -0.1) is 0 Å². The van der Waals surface area contributed by atoms with E-state index in [2.05, 4.69) is 12.3 Å². The van der Waals surface area contributed by atoms with Crippen LogP contribution in [0.25, 0.3) is 0 Å². The zero-order valence-corrected chi connectivity index (χ0v) is 5.57. The molecule has 0 fully saturated rings.